The number of halogens is 1. The highest BCUT2D eigenvalue weighted by Gasteiger charge is 2.16. The van der Waals surface area contributed by atoms with Gasteiger partial charge in [0.2, 0.25) is 0 Å². The van der Waals surface area contributed by atoms with Crippen LogP contribution in [-0.2, 0) is 17.9 Å². The Hall–Kier alpha value is -3.72. The van der Waals surface area contributed by atoms with E-state index in [0.29, 0.717) is 0 Å². The van der Waals surface area contributed by atoms with E-state index in [-0.39, 0.29) is 23.0 Å². The normalized spacial score (nSPS) is 10.5. The van der Waals surface area contributed by atoms with E-state index in [2.05, 4.69) is 0 Å². The van der Waals surface area contributed by atoms with E-state index in [1.807, 2.05) is 30.3 Å². The number of hydrogen-bond donors (Lipinski definition) is 0. The lowest BCUT2D eigenvalue weighted by atomic mass is 10.2. The van der Waals surface area contributed by atoms with E-state index >= 15 is 0 Å². The fraction of sp³-hybridized carbons (Fsp3) is 0.105. The van der Waals surface area contributed by atoms with Crippen molar-refractivity contribution in [3.05, 3.63) is 102 Å². The number of carbonyl (C=O) groups excluding carboxylic acids is 1. The summed E-state index contributed by atoms with van der Waals surface area (Å²) in [6.45, 7) is -0.413. The summed E-state index contributed by atoms with van der Waals surface area (Å²) in [4.78, 5) is 46.9. The Kier molecular flexibility index (Phi) is 5.89. The van der Waals surface area contributed by atoms with E-state index in [9.17, 15) is 24.5 Å². The number of nitro benzene ring substituents is 1. The van der Waals surface area contributed by atoms with Gasteiger partial charge in [-0.1, -0.05) is 41.9 Å². The maximum absolute atomic E-state index is 12.6. The van der Waals surface area contributed by atoms with Gasteiger partial charge in [0.05, 0.1) is 16.5 Å². The molecule has 0 aliphatic carbocycles. The number of ether oxygens (including phenoxy) is 1. The van der Waals surface area contributed by atoms with Gasteiger partial charge in [0.15, 0.2) is 0 Å². The van der Waals surface area contributed by atoms with Gasteiger partial charge in [0, 0.05) is 24.4 Å². The van der Waals surface area contributed by atoms with Crippen molar-refractivity contribution < 1.29 is 14.5 Å². The van der Waals surface area contributed by atoms with Gasteiger partial charge in [-0.2, -0.15) is 0 Å². The third-order valence-corrected chi connectivity index (χ3v) is 4.27. The lowest BCUT2D eigenvalue weighted by molar-refractivity contribution is -0.384. The van der Waals surface area contributed by atoms with Gasteiger partial charge in [-0.15, -0.1) is 0 Å². The highest BCUT2D eigenvalue weighted by Crippen LogP contribution is 2.28. The molecule has 148 valence electrons. The highest BCUT2D eigenvalue weighted by molar-refractivity contribution is 6.32. The molecule has 0 amide bonds. The fourth-order valence-corrected chi connectivity index (χ4v) is 2.79. The molecule has 0 fully saturated rings. The van der Waals surface area contributed by atoms with Crippen LogP contribution in [-0.4, -0.2) is 20.0 Å². The third kappa shape index (κ3) is 4.77. The molecule has 0 unspecified atom stereocenters. The third-order valence-electron chi connectivity index (χ3n) is 3.97. The van der Waals surface area contributed by atoms with E-state index in [1.54, 1.807) is 0 Å². The largest absolute Gasteiger partial charge is 0.424 e. The molecule has 1 aromatic heterocycles. The Balaban J connectivity index is 1.80. The minimum atomic E-state index is -0.919. The average Bonchev–Trinajstić information content (AvgIpc) is 2.69. The molecule has 1 heterocycles. The molecule has 10 heteroatoms. The maximum atomic E-state index is 12.6. The van der Waals surface area contributed by atoms with Gasteiger partial charge >= 0.3 is 11.7 Å². The van der Waals surface area contributed by atoms with Crippen LogP contribution >= 0.6 is 11.6 Å². The summed E-state index contributed by atoms with van der Waals surface area (Å²) in [7, 11) is 0. The minimum absolute atomic E-state index is 0.115. The zero-order valence-corrected chi connectivity index (χ0v) is 15.6. The molecule has 0 radical (unpaired) electrons. The van der Waals surface area contributed by atoms with Gasteiger partial charge < -0.3 is 4.74 Å². The Morgan fingerprint density at radius 1 is 1.10 bits per heavy atom. The first-order valence-corrected chi connectivity index (χ1v) is 8.72. The van der Waals surface area contributed by atoms with Crippen LogP contribution in [0.4, 0.5) is 5.69 Å². The van der Waals surface area contributed by atoms with Crippen molar-refractivity contribution in [2.45, 2.75) is 13.1 Å². The zero-order valence-electron chi connectivity index (χ0n) is 14.9. The lowest BCUT2D eigenvalue weighted by Gasteiger charge is -2.10. The fourth-order valence-electron chi connectivity index (χ4n) is 2.57. The van der Waals surface area contributed by atoms with E-state index in [1.165, 1.54) is 22.9 Å². The van der Waals surface area contributed by atoms with Crippen molar-refractivity contribution in [1.29, 1.82) is 0 Å². The zero-order chi connectivity index (χ0) is 21.0. The first kappa shape index (κ1) is 20.0. The van der Waals surface area contributed by atoms with Crippen LogP contribution < -0.4 is 16.0 Å². The summed E-state index contributed by atoms with van der Waals surface area (Å²) >= 11 is 5.88. The second-order valence-electron chi connectivity index (χ2n) is 5.98. The second-order valence-corrected chi connectivity index (χ2v) is 6.39. The standard InChI is InChI=1S/C19H14ClN3O6/c20-15-10-14(23(27)28)6-7-16(15)29-18(25)12-22-17(24)8-9-21(19(22)26)11-13-4-2-1-3-5-13/h1-10H,11-12H2. The quantitative estimate of drug-likeness (QED) is 0.264. The van der Waals surface area contributed by atoms with Crippen LogP contribution in [0.5, 0.6) is 5.75 Å². The van der Waals surface area contributed by atoms with Gasteiger partial charge in [-0.05, 0) is 11.6 Å². The summed E-state index contributed by atoms with van der Waals surface area (Å²) in [5.74, 6) is -1.03. The highest BCUT2D eigenvalue weighted by atomic mass is 35.5. The monoisotopic (exact) mass is 415 g/mol. The van der Waals surface area contributed by atoms with Crippen LogP contribution in [0.3, 0.4) is 0 Å². The van der Waals surface area contributed by atoms with Crippen LogP contribution in [0.2, 0.25) is 5.02 Å². The molecule has 0 saturated carbocycles. The number of carbonyl (C=O) groups is 1. The van der Waals surface area contributed by atoms with Crippen molar-refractivity contribution in [3.63, 3.8) is 0 Å². The molecule has 0 spiro atoms. The van der Waals surface area contributed by atoms with Crippen molar-refractivity contribution >= 4 is 23.3 Å². The molecular formula is C19H14ClN3O6. The van der Waals surface area contributed by atoms with Crippen molar-refractivity contribution in [1.82, 2.24) is 9.13 Å². The summed E-state index contributed by atoms with van der Waals surface area (Å²) in [5.41, 5.74) is -0.753. The van der Waals surface area contributed by atoms with Gasteiger partial charge in [0.25, 0.3) is 11.2 Å². The first-order chi connectivity index (χ1) is 13.8. The second kappa shape index (κ2) is 8.53. The van der Waals surface area contributed by atoms with E-state index < -0.39 is 28.7 Å². The number of nitro groups is 1. The summed E-state index contributed by atoms with van der Waals surface area (Å²) in [6.07, 6.45) is 1.35. The number of benzene rings is 2. The predicted molar refractivity (Wildman–Crippen MR) is 104 cm³/mol. The lowest BCUT2D eigenvalue weighted by Crippen LogP contribution is -2.41. The van der Waals surface area contributed by atoms with Crippen LogP contribution in [0.15, 0.2) is 70.4 Å². The van der Waals surface area contributed by atoms with Crippen LogP contribution in [0.1, 0.15) is 5.56 Å². The molecule has 0 N–H and O–H groups in total. The molecule has 9 nitrogen and oxygen atoms in total. The van der Waals surface area contributed by atoms with Crippen LogP contribution in [0, 0.1) is 10.1 Å². The van der Waals surface area contributed by atoms with Crippen LogP contribution in [0.25, 0.3) is 0 Å². The molecule has 3 rings (SSSR count). The van der Waals surface area contributed by atoms with E-state index in [4.69, 9.17) is 16.3 Å². The smallest absolute Gasteiger partial charge is 0.331 e. The minimum Gasteiger partial charge on any atom is -0.424 e. The van der Waals surface area contributed by atoms with Gasteiger partial charge in [-0.3, -0.25) is 19.5 Å². The molecule has 0 atom stereocenters. The Bertz CT molecular complexity index is 1190. The number of nitrogens with zero attached hydrogens (tertiary/aromatic N) is 3. The SMILES string of the molecule is O=C(Cn1c(=O)ccn(Cc2ccccc2)c1=O)Oc1ccc([N+](=O)[O-])cc1Cl. The summed E-state index contributed by atoms with van der Waals surface area (Å²) in [5, 5.41) is 10.6. The molecule has 0 saturated heterocycles. The molecule has 29 heavy (non-hydrogen) atoms. The predicted octanol–water partition coefficient (Wildman–Crippen LogP) is 2.23. The number of esters is 1. The maximum Gasteiger partial charge on any atom is 0.331 e. The molecule has 2 aromatic carbocycles. The van der Waals surface area contributed by atoms with Crippen molar-refractivity contribution in [2.24, 2.45) is 0 Å². The molecule has 0 aliphatic heterocycles. The van der Waals surface area contributed by atoms with Crippen molar-refractivity contribution in [3.8, 4) is 5.75 Å². The molecule has 0 bridgehead atoms. The molecular weight excluding hydrogens is 402 g/mol. The Morgan fingerprint density at radius 2 is 1.83 bits per heavy atom. The van der Waals surface area contributed by atoms with Crippen molar-refractivity contribution in [2.75, 3.05) is 0 Å². The molecule has 0 aliphatic rings. The van der Waals surface area contributed by atoms with Gasteiger partial charge in [0.1, 0.15) is 12.3 Å². The Labute approximate surface area is 168 Å². The van der Waals surface area contributed by atoms with Gasteiger partial charge in [-0.25, -0.2) is 14.2 Å². The topological polar surface area (TPSA) is 113 Å². The first-order valence-electron chi connectivity index (χ1n) is 8.34. The number of hydrogen-bond acceptors (Lipinski definition) is 6. The number of aromatic nitrogens is 2. The number of rotatable bonds is 6. The average molecular weight is 416 g/mol. The van der Waals surface area contributed by atoms with E-state index in [0.717, 1.165) is 22.3 Å². The molecule has 3 aromatic rings. The summed E-state index contributed by atoms with van der Waals surface area (Å²) in [6, 6.07) is 13.6. The Morgan fingerprint density at radius 3 is 2.48 bits per heavy atom. The number of non-ortho nitro benzene ring substituents is 1. The summed E-state index contributed by atoms with van der Waals surface area (Å²) < 4.78 is 7.09.